The molecular weight excluding hydrogens is 458 g/mol. The predicted octanol–water partition coefficient (Wildman–Crippen LogP) is 3.33. The van der Waals surface area contributed by atoms with Crippen LogP contribution < -0.4 is 4.87 Å². The zero-order valence-electron chi connectivity index (χ0n) is 18.7. The highest BCUT2D eigenvalue weighted by atomic mass is 32.2. The summed E-state index contributed by atoms with van der Waals surface area (Å²) in [5.41, 5.74) is 2.87. The van der Waals surface area contributed by atoms with Crippen molar-refractivity contribution >= 4 is 43.6 Å². The van der Waals surface area contributed by atoms with Gasteiger partial charge in [-0.3, -0.25) is 14.2 Å². The second-order valence-corrected chi connectivity index (χ2v) is 11.1. The summed E-state index contributed by atoms with van der Waals surface area (Å²) in [5, 5.41) is 0. The number of hydrogen-bond acceptors (Lipinski definition) is 5. The number of hydrogen-bond donors (Lipinski definition) is 0. The van der Waals surface area contributed by atoms with Gasteiger partial charge in [-0.2, -0.15) is 4.31 Å². The zero-order chi connectivity index (χ0) is 23.6. The van der Waals surface area contributed by atoms with Gasteiger partial charge in [0.2, 0.25) is 15.9 Å². The van der Waals surface area contributed by atoms with Crippen LogP contribution in [0.4, 0.5) is 0 Å². The number of aryl methyl sites for hydroxylation is 2. The summed E-state index contributed by atoms with van der Waals surface area (Å²) < 4.78 is 30.1. The Balaban J connectivity index is 1.44. The van der Waals surface area contributed by atoms with E-state index < -0.39 is 10.0 Å². The summed E-state index contributed by atoms with van der Waals surface area (Å²) in [6, 6.07) is 12.8. The van der Waals surface area contributed by atoms with Crippen molar-refractivity contribution in [2.45, 2.75) is 31.7 Å². The van der Waals surface area contributed by atoms with Crippen LogP contribution in [0.25, 0.3) is 16.3 Å². The fourth-order valence-corrected chi connectivity index (χ4v) is 6.37. The van der Waals surface area contributed by atoms with Gasteiger partial charge in [0.15, 0.2) is 0 Å². The summed E-state index contributed by atoms with van der Waals surface area (Å²) >= 11 is 1.07. The lowest BCUT2D eigenvalue weighted by Crippen LogP contribution is -2.50. The van der Waals surface area contributed by atoms with E-state index in [2.05, 4.69) is 0 Å². The third-order valence-electron chi connectivity index (χ3n) is 5.77. The highest BCUT2D eigenvalue weighted by Gasteiger charge is 2.30. The standard InChI is InChI=1S/C24H27N3O4S2/c1-3-12-27-21-10-9-20(17-22(21)32-24(27)29)33(30,31)26-15-13-25(14-16-26)23(28)11-8-19-6-4-18(2)5-7-19/h4-11,17H,3,12-16H2,1-2H3/b11-8+. The zero-order valence-corrected chi connectivity index (χ0v) is 20.4. The number of carbonyl (C=O) groups excluding carboxylic acids is 1. The van der Waals surface area contributed by atoms with Gasteiger partial charge in [0.1, 0.15) is 0 Å². The van der Waals surface area contributed by atoms with Crippen LogP contribution >= 0.6 is 11.3 Å². The van der Waals surface area contributed by atoms with Crippen LogP contribution in [0.2, 0.25) is 0 Å². The number of aromatic nitrogens is 1. The normalized spacial score (nSPS) is 15.5. The Labute approximate surface area is 197 Å². The van der Waals surface area contributed by atoms with Crippen LogP contribution in [0.15, 0.2) is 58.2 Å². The van der Waals surface area contributed by atoms with E-state index in [1.807, 2.05) is 38.1 Å². The van der Waals surface area contributed by atoms with Gasteiger partial charge >= 0.3 is 4.87 Å². The molecule has 0 spiro atoms. The molecule has 1 aliphatic heterocycles. The maximum atomic E-state index is 13.2. The summed E-state index contributed by atoms with van der Waals surface area (Å²) in [6.07, 6.45) is 4.14. The van der Waals surface area contributed by atoms with Crippen LogP contribution in [0.3, 0.4) is 0 Å². The molecule has 0 saturated carbocycles. The minimum Gasteiger partial charge on any atom is -0.337 e. The molecule has 1 aromatic heterocycles. The van der Waals surface area contributed by atoms with Gasteiger partial charge in [0, 0.05) is 38.8 Å². The molecule has 0 atom stereocenters. The first-order valence-corrected chi connectivity index (χ1v) is 13.2. The molecule has 2 heterocycles. The third-order valence-corrected chi connectivity index (χ3v) is 8.61. The fraction of sp³-hybridized carbons (Fsp3) is 0.333. The molecule has 1 saturated heterocycles. The van der Waals surface area contributed by atoms with Crippen molar-refractivity contribution < 1.29 is 13.2 Å². The Kier molecular flexibility index (Phi) is 6.83. The summed E-state index contributed by atoms with van der Waals surface area (Å²) in [6.45, 7) is 5.75. The molecule has 33 heavy (non-hydrogen) atoms. The Bertz CT molecular complexity index is 1350. The first-order chi connectivity index (χ1) is 15.8. The van der Waals surface area contributed by atoms with Gasteiger partial charge in [0.25, 0.3) is 0 Å². The van der Waals surface area contributed by atoms with E-state index in [9.17, 15) is 18.0 Å². The Morgan fingerprint density at radius 3 is 2.42 bits per heavy atom. The summed E-state index contributed by atoms with van der Waals surface area (Å²) in [5.74, 6) is -0.129. The number of piperazine rings is 1. The molecule has 7 nitrogen and oxygen atoms in total. The summed E-state index contributed by atoms with van der Waals surface area (Å²) in [7, 11) is -3.71. The maximum absolute atomic E-state index is 13.2. The van der Waals surface area contributed by atoms with Crippen molar-refractivity contribution in [1.29, 1.82) is 0 Å². The van der Waals surface area contributed by atoms with E-state index in [-0.39, 0.29) is 28.8 Å². The maximum Gasteiger partial charge on any atom is 0.308 e. The number of carbonyl (C=O) groups is 1. The molecule has 174 valence electrons. The van der Waals surface area contributed by atoms with Crippen molar-refractivity contribution in [2.24, 2.45) is 0 Å². The van der Waals surface area contributed by atoms with E-state index in [1.165, 1.54) is 10.4 Å². The van der Waals surface area contributed by atoms with Crippen molar-refractivity contribution in [1.82, 2.24) is 13.8 Å². The van der Waals surface area contributed by atoms with Crippen LogP contribution in [0.1, 0.15) is 24.5 Å². The molecule has 0 aliphatic carbocycles. The van der Waals surface area contributed by atoms with Crippen LogP contribution in [-0.2, 0) is 21.4 Å². The van der Waals surface area contributed by atoms with Gasteiger partial charge in [0.05, 0.1) is 15.1 Å². The Hall–Kier alpha value is -2.75. The van der Waals surface area contributed by atoms with Gasteiger partial charge in [-0.1, -0.05) is 48.1 Å². The van der Waals surface area contributed by atoms with Crippen molar-refractivity contribution in [2.75, 3.05) is 26.2 Å². The van der Waals surface area contributed by atoms with E-state index in [1.54, 1.807) is 33.7 Å². The van der Waals surface area contributed by atoms with E-state index in [0.717, 1.165) is 34.4 Å². The van der Waals surface area contributed by atoms with Crippen LogP contribution in [0.5, 0.6) is 0 Å². The molecule has 1 fully saturated rings. The largest absolute Gasteiger partial charge is 0.337 e. The quantitative estimate of drug-likeness (QED) is 0.502. The van der Waals surface area contributed by atoms with Gasteiger partial charge in [-0.05, 0) is 43.2 Å². The fourth-order valence-electron chi connectivity index (χ4n) is 3.89. The molecule has 0 radical (unpaired) electrons. The first-order valence-electron chi connectivity index (χ1n) is 11.0. The topological polar surface area (TPSA) is 79.7 Å². The average molecular weight is 486 g/mol. The minimum atomic E-state index is -3.71. The van der Waals surface area contributed by atoms with Crippen molar-refractivity contribution in [3.63, 3.8) is 0 Å². The van der Waals surface area contributed by atoms with Crippen LogP contribution in [0, 0.1) is 6.92 Å². The molecular formula is C24H27N3O4S2. The number of amides is 1. The van der Waals surface area contributed by atoms with Gasteiger partial charge < -0.3 is 4.90 Å². The monoisotopic (exact) mass is 485 g/mol. The van der Waals surface area contributed by atoms with Gasteiger partial charge in [-0.15, -0.1) is 0 Å². The molecule has 1 amide bonds. The molecule has 1 aliphatic rings. The second-order valence-electron chi connectivity index (χ2n) is 8.12. The Morgan fingerprint density at radius 2 is 1.76 bits per heavy atom. The molecule has 9 heteroatoms. The molecule has 3 aromatic rings. The minimum absolute atomic E-state index is 0.0767. The first kappa shape index (κ1) is 23.4. The third kappa shape index (κ3) is 4.95. The molecule has 0 N–H and O–H groups in total. The highest BCUT2D eigenvalue weighted by Crippen LogP contribution is 2.25. The van der Waals surface area contributed by atoms with E-state index >= 15 is 0 Å². The molecule has 4 rings (SSSR count). The van der Waals surface area contributed by atoms with Gasteiger partial charge in [-0.25, -0.2) is 8.42 Å². The Morgan fingerprint density at radius 1 is 1.06 bits per heavy atom. The molecule has 2 aromatic carbocycles. The number of nitrogens with zero attached hydrogens (tertiary/aromatic N) is 3. The SMILES string of the molecule is CCCn1c(=O)sc2cc(S(=O)(=O)N3CCN(C(=O)/C=C/c4ccc(C)cc4)CC3)ccc21. The van der Waals surface area contributed by atoms with Crippen molar-refractivity contribution in [3.05, 3.63) is 69.3 Å². The predicted molar refractivity (Wildman–Crippen MR) is 132 cm³/mol. The average Bonchev–Trinajstić information content (AvgIpc) is 3.13. The smallest absolute Gasteiger partial charge is 0.308 e. The number of rotatable bonds is 6. The van der Waals surface area contributed by atoms with Crippen molar-refractivity contribution in [3.8, 4) is 0 Å². The highest BCUT2D eigenvalue weighted by molar-refractivity contribution is 7.89. The molecule has 0 unspecified atom stereocenters. The number of benzene rings is 2. The number of sulfonamides is 1. The molecule has 0 bridgehead atoms. The lowest BCUT2D eigenvalue weighted by atomic mass is 10.1. The lowest BCUT2D eigenvalue weighted by Gasteiger charge is -2.33. The lowest BCUT2D eigenvalue weighted by molar-refractivity contribution is -0.127. The van der Waals surface area contributed by atoms with Crippen LogP contribution in [-0.4, -0.2) is 54.3 Å². The number of fused-ring (bicyclic) bond motifs is 1. The second kappa shape index (κ2) is 9.62. The van der Waals surface area contributed by atoms with E-state index in [4.69, 9.17) is 0 Å². The summed E-state index contributed by atoms with van der Waals surface area (Å²) in [4.78, 5) is 26.5. The van der Waals surface area contributed by atoms with E-state index in [0.29, 0.717) is 24.3 Å². The number of thiazole rings is 1.